The number of carbonyl (C=O) groups is 1. The summed E-state index contributed by atoms with van der Waals surface area (Å²) in [5.74, 6) is 0. The van der Waals surface area contributed by atoms with Crippen LogP contribution in [0.4, 0.5) is 4.79 Å². The maximum atomic E-state index is 10.9. The summed E-state index contributed by atoms with van der Waals surface area (Å²) in [6.07, 6.45) is 1.90. The standard InChI is InChI=1S/C10H18N4O/c1-2-3-9(8-11)13-4-6-14(7-5-13)10(12)15/h9H,2-7H2,1H3,(H2,12,15). The zero-order valence-electron chi connectivity index (χ0n) is 9.15. The summed E-state index contributed by atoms with van der Waals surface area (Å²) in [5.41, 5.74) is 5.18. The van der Waals surface area contributed by atoms with Gasteiger partial charge in [0.1, 0.15) is 0 Å². The zero-order valence-corrected chi connectivity index (χ0v) is 9.15. The predicted octanol–water partition coefficient (Wildman–Crippen LogP) is 0.375. The van der Waals surface area contributed by atoms with E-state index < -0.39 is 0 Å². The molecule has 0 spiro atoms. The Labute approximate surface area is 90.4 Å². The van der Waals surface area contributed by atoms with Gasteiger partial charge in [0.25, 0.3) is 0 Å². The van der Waals surface area contributed by atoms with Crippen LogP contribution in [0.2, 0.25) is 0 Å². The smallest absolute Gasteiger partial charge is 0.314 e. The molecule has 2 amide bonds. The van der Waals surface area contributed by atoms with Gasteiger partial charge in [-0.25, -0.2) is 4.79 Å². The number of nitrogens with two attached hydrogens (primary N) is 1. The molecule has 0 radical (unpaired) electrons. The summed E-state index contributed by atoms with van der Waals surface area (Å²) in [6.45, 7) is 4.85. The fourth-order valence-corrected chi connectivity index (χ4v) is 1.86. The van der Waals surface area contributed by atoms with E-state index in [1.54, 1.807) is 4.90 Å². The van der Waals surface area contributed by atoms with Crippen LogP contribution in [-0.2, 0) is 0 Å². The van der Waals surface area contributed by atoms with Crippen LogP contribution in [0.25, 0.3) is 0 Å². The lowest BCUT2D eigenvalue weighted by molar-refractivity contribution is 0.125. The molecule has 1 unspecified atom stereocenters. The fourth-order valence-electron chi connectivity index (χ4n) is 1.86. The molecule has 0 aromatic carbocycles. The van der Waals surface area contributed by atoms with E-state index in [0.717, 1.165) is 25.9 Å². The van der Waals surface area contributed by atoms with Crippen molar-refractivity contribution in [2.24, 2.45) is 5.73 Å². The number of rotatable bonds is 3. The highest BCUT2D eigenvalue weighted by Crippen LogP contribution is 2.10. The number of hydrogen-bond donors (Lipinski definition) is 1. The third kappa shape index (κ3) is 3.10. The van der Waals surface area contributed by atoms with E-state index in [1.165, 1.54) is 0 Å². The van der Waals surface area contributed by atoms with Crippen molar-refractivity contribution in [2.45, 2.75) is 25.8 Å². The van der Waals surface area contributed by atoms with Crippen molar-refractivity contribution in [3.63, 3.8) is 0 Å². The molecule has 1 atom stereocenters. The number of hydrogen-bond acceptors (Lipinski definition) is 3. The Morgan fingerprint density at radius 3 is 2.47 bits per heavy atom. The number of piperazine rings is 1. The first kappa shape index (κ1) is 11.8. The Morgan fingerprint density at radius 2 is 2.07 bits per heavy atom. The summed E-state index contributed by atoms with van der Waals surface area (Å²) in [4.78, 5) is 14.6. The normalized spacial score (nSPS) is 19.6. The molecule has 84 valence electrons. The second kappa shape index (κ2) is 5.56. The van der Waals surface area contributed by atoms with Crippen LogP contribution >= 0.6 is 0 Å². The first-order valence-electron chi connectivity index (χ1n) is 5.37. The van der Waals surface area contributed by atoms with Gasteiger partial charge >= 0.3 is 6.03 Å². The van der Waals surface area contributed by atoms with E-state index in [9.17, 15) is 4.79 Å². The van der Waals surface area contributed by atoms with Gasteiger partial charge in [0.2, 0.25) is 0 Å². The first-order valence-corrected chi connectivity index (χ1v) is 5.37. The van der Waals surface area contributed by atoms with Crippen LogP contribution < -0.4 is 5.73 Å². The molecule has 1 aliphatic heterocycles. The molecule has 0 aromatic heterocycles. The second-order valence-corrected chi connectivity index (χ2v) is 3.79. The van der Waals surface area contributed by atoms with Gasteiger partial charge in [-0.1, -0.05) is 13.3 Å². The van der Waals surface area contributed by atoms with Gasteiger partial charge in [0.15, 0.2) is 0 Å². The first-order chi connectivity index (χ1) is 7.19. The minimum atomic E-state index is -0.362. The molecular weight excluding hydrogens is 192 g/mol. The third-order valence-electron chi connectivity index (χ3n) is 2.78. The minimum Gasteiger partial charge on any atom is -0.351 e. The van der Waals surface area contributed by atoms with Crippen molar-refractivity contribution in [3.05, 3.63) is 0 Å². The Morgan fingerprint density at radius 1 is 1.47 bits per heavy atom. The molecule has 5 nitrogen and oxygen atoms in total. The van der Waals surface area contributed by atoms with Crippen LogP contribution in [-0.4, -0.2) is 48.1 Å². The van der Waals surface area contributed by atoms with Crippen LogP contribution in [0.15, 0.2) is 0 Å². The van der Waals surface area contributed by atoms with E-state index in [-0.39, 0.29) is 12.1 Å². The van der Waals surface area contributed by atoms with Crippen LogP contribution in [0.1, 0.15) is 19.8 Å². The number of nitrogens with zero attached hydrogens (tertiary/aromatic N) is 3. The van der Waals surface area contributed by atoms with Crippen LogP contribution in [0.5, 0.6) is 0 Å². The van der Waals surface area contributed by atoms with Crippen molar-refractivity contribution in [1.82, 2.24) is 9.80 Å². The molecule has 0 bridgehead atoms. The Hall–Kier alpha value is -1.28. The van der Waals surface area contributed by atoms with E-state index in [0.29, 0.717) is 13.1 Å². The minimum absolute atomic E-state index is 0.00923. The molecule has 1 aliphatic rings. The molecule has 1 fully saturated rings. The van der Waals surface area contributed by atoms with E-state index in [1.807, 2.05) is 0 Å². The molecule has 15 heavy (non-hydrogen) atoms. The van der Waals surface area contributed by atoms with Crippen LogP contribution in [0.3, 0.4) is 0 Å². The van der Waals surface area contributed by atoms with E-state index in [4.69, 9.17) is 11.0 Å². The topological polar surface area (TPSA) is 73.4 Å². The summed E-state index contributed by atoms with van der Waals surface area (Å²) in [5, 5.41) is 8.99. The van der Waals surface area contributed by atoms with Gasteiger partial charge in [-0.15, -0.1) is 0 Å². The Bertz CT molecular complexity index is 253. The molecule has 1 heterocycles. The van der Waals surface area contributed by atoms with Gasteiger partial charge < -0.3 is 10.6 Å². The van der Waals surface area contributed by atoms with Crippen molar-refractivity contribution in [1.29, 1.82) is 5.26 Å². The highest BCUT2D eigenvalue weighted by atomic mass is 16.2. The number of primary amides is 1. The number of carbonyl (C=O) groups excluding carboxylic acids is 1. The molecule has 0 saturated carbocycles. The average Bonchev–Trinajstić information content (AvgIpc) is 2.26. The summed E-state index contributed by atoms with van der Waals surface area (Å²) < 4.78 is 0. The number of amides is 2. The molecule has 1 saturated heterocycles. The maximum absolute atomic E-state index is 10.9. The van der Waals surface area contributed by atoms with Crippen molar-refractivity contribution in [2.75, 3.05) is 26.2 Å². The lowest BCUT2D eigenvalue weighted by Gasteiger charge is -2.36. The third-order valence-corrected chi connectivity index (χ3v) is 2.78. The van der Waals surface area contributed by atoms with Crippen molar-refractivity contribution in [3.8, 4) is 6.07 Å². The number of nitriles is 1. The van der Waals surface area contributed by atoms with Gasteiger partial charge in [0, 0.05) is 26.2 Å². The zero-order chi connectivity index (χ0) is 11.3. The predicted molar refractivity (Wildman–Crippen MR) is 57.0 cm³/mol. The second-order valence-electron chi connectivity index (χ2n) is 3.79. The van der Waals surface area contributed by atoms with Crippen molar-refractivity contribution >= 4 is 6.03 Å². The lowest BCUT2D eigenvalue weighted by atomic mass is 10.1. The maximum Gasteiger partial charge on any atom is 0.314 e. The highest BCUT2D eigenvalue weighted by molar-refractivity contribution is 5.72. The summed E-state index contributed by atoms with van der Waals surface area (Å²) >= 11 is 0. The van der Waals surface area contributed by atoms with Gasteiger partial charge in [-0.3, -0.25) is 4.90 Å². The van der Waals surface area contributed by atoms with Crippen LogP contribution in [0, 0.1) is 11.3 Å². The van der Waals surface area contributed by atoms with E-state index in [2.05, 4.69) is 17.9 Å². The quantitative estimate of drug-likeness (QED) is 0.731. The van der Waals surface area contributed by atoms with Gasteiger partial charge in [-0.05, 0) is 6.42 Å². The monoisotopic (exact) mass is 210 g/mol. The SMILES string of the molecule is CCCC(C#N)N1CCN(C(N)=O)CC1. The fraction of sp³-hybridized carbons (Fsp3) is 0.800. The van der Waals surface area contributed by atoms with Gasteiger partial charge in [0.05, 0.1) is 12.1 Å². The van der Waals surface area contributed by atoms with Crippen molar-refractivity contribution < 1.29 is 4.79 Å². The largest absolute Gasteiger partial charge is 0.351 e. The molecule has 0 aromatic rings. The van der Waals surface area contributed by atoms with Gasteiger partial charge in [-0.2, -0.15) is 5.26 Å². The summed E-state index contributed by atoms with van der Waals surface area (Å²) in [7, 11) is 0. The summed E-state index contributed by atoms with van der Waals surface area (Å²) in [6, 6.07) is 1.94. The molecule has 2 N–H and O–H groups in total. The highest BCUT2D eigenvalue weighted by Gasteiger charge is 2.24. The molecular formula is C10H18N4O. The lowest BCUT2D eigenvalue weighted by Crippen LogP contribution is -2.53. The van der Waals surface area contributed by atoms with E-state index >= 15 is 0 Å². The molecule has 0 aliphatic carbocycles. The Balaban J connectivity index is 2.42. The number of urea groups is 1. The Kier molecular flexibility index (Phi) is 4.37. The average molecular weight is 210 g/mol. The molecule has 5 heteroatoms. The molecule has 1 rings (SSSR count).